The fraction of sp³-hybridized carbons (Fsp3) is 0.250. The molecule has 4 heteroatoms. The number of aromatic nitrogens is 1. The fourth-order valence-corrected chi connectivity index (χ4v) is 3.60. The summed E-state index contributed by atoms with van der Waals surface area (Å²) in [5.41, 5.74) is 5.18. The van der Waals surface area contributed by atoms with Crippen LogP contribution in [0.15, 0.2) is 46.6 Å². The highest BCUT2D eigenvalue weighted by atomic mass is 16.3. The second-order valence-corrected chi connectivity index (χ2v) is 6.55. The van der Waals surface area contributed by atoms with E-state index in [1.807, 2.05) is 42.8 Å². The van der Waals surface area contributed by atoms with E-state index in [-0.39, 0.29) is 6.85 Å². The molecule has 0 amide bonds. The number of allylic oxidation sites excluding steroid dienone is 1. The molecule has 2 aromatic heterocycles. The third-order valence-electron chi connectivity index (χ3n) is 4.86. The predicted molar refractivity (Wildman–Crippen MR) is 101 cm³/mol. The van der Waals surface area contributed by atoms with Crippen molar-refractivity contribution >= 4 is 35.4 Å². The maximum absolute atomic E-state index is 7.74. The smallest absolute Gasteiger partial charge is 0.447 e. The highest BCUT2D eigenvalue weighted by molar-refractivity contribution is 6.76. The zero-order valence-electron chi connectivity index (χ0n) is 17.4. The maximum Gasteiger partial charge on any atom is 0.447 e. The van der Waals surface area contributed by atoms with Crippen molar-refractivity contribution in [1.82, 2.24) is 0 Å². The number of pyridine rings is 1. The predicted octanol–water partition coefficient (Wildman–Crippen LogP) is 3.58. The number of aryl methyl sites for hydroxylation is 3. The Labute approximate surface area is 147 Å². The largest absolute Gasteiger partial charge is 0.465 e. The van der Waals surface area contributed by atoms with E-state index < -0.39 is 6.85 Å². The van der Waals surface area contributed by atoms with E-state index in [2.05, 4.69) is 30.7 Å². The minimum atomic E-state index is -2.12. The van der Waals surface area contributed by atoms with Gasteiger partial charge in [0.05, 0.1) is 18.9 Å². The van der Waals surface area contributed by atoms with E-state index in [1.165, 1.54) is 0 Å². The van der Waals surface area contributed by atoms with Crippen LogP contribution in [-0.4, -0.2) is 6.85 Å². The van der Waals surface area contributed by atoms with E-state index >= 15 is 0 Å². The first-order valence-electron chi connectivity index (χ1n) is 9.68. The summed E-state index contributed by atoms with van der Waals surface area (Å²) in [5.74, 6) is 0.938. The maximum atomic E-state index is 7.74. The summed E-state index contributed by atoms with van der Waals surface area (Å²) in [5, 5.41) is 1.12. The average Bonchev–Trinajstić information content (AvgIpc) is 2.95. The number of nitrogens with zero attached hydrogens (tertiary/aromatic N) is 2. The molecule has 1 aromatic carbocycles. The zero-order valence-corrected chi connectivity index (χ0v) is 14.4. The van der Waals surface area contributed by atoms with Crippen LogP contribution in [0, 0.1) is 13.8 Å². The van der Waals surface area contributed by atoms with Gasteiger partial charge in [0.2, 0.25) is 0 Å². The SMILES string of the molecule is [2H]C([2H])([2H])c1c[n+](C)c(N2B(C)c3oc4ccccc4c3C=C2C)cc1C. The second-order valence-electron chi connectivity index (χ2n) is 6.55. The van der Waals surface area contributed by atoms with E-state index in [0.717, 1.165) is 39.3 Å². The Bertz CT molecular complexity index is 1080. The summed E-state index contributed by atoms with van der Waals surface area (Å²) >= 11 is 0. The number of fused-ring (bicyclic) bond motifs is 3. The first-order valence-corrected chi connectivity index (χ1v) is 8.18. The van der Waals surface area contributed by atoms with Gasteiger partial charge in [0.25, 0.3) is 5.82 Å². The van der Waals surface area contributed by atoms with Gasteiger partial charge in [-0.05, 0) is 50.8 Å². The molecule has 120 valence electrons. The van der Waals surface area contributed by atoms with Gasteiger partial charge >= 0.3 is 6.85 Å². The first kappa shape index (κ1) is 12.0. The van der Waals surface area contributed by atoms with Gasteiger partial charge in [0.15, 0.2) is 0 Å². The number of rotatable bonds is 1. The summed E-state index contributed by atoms with van der Waals surface area (Å²) in [7, 11) is 1.89. The monoisotopic (exact) mass is 320 g/mol. The van der Waals surface area contributed by atoms with Gasteiger partial charge in [-0.15, -0.1) is 0 Å². The van der Waals surface area contributed by atoms with Gasteiger partial charge in [-0.3, -0.25) is 4.81 Å². The molecule has 0 bridgehead atoms. The average molecular weight is 320 g/mol. The Hall–Kier alpha value is -2.49. The number of para-hydroxylation sites is 1. The van der Waals surface area contributed by atoms with Crippen LogP contribution in [0.25, 0.3) is 17.0 Å². The molecule has 3 heterocycles. The molecule has 0 saturated carbocycles. The van der Waals surface area contributed by atoms with E-state index in [4.69, 9.17) is 8.53 Å². The lowest BCUT2D eigenvalue weighted by Crippen LogP contribution is -2.52. The fourth-order valence-electron chi connectivity index (χ4n) is 3.60. The third kappa shape index (κ3) is 2.09. The Morgan fingerprint density at radius 1 is 1.21 bits per heavy atom. The van der Waals surface area contributed by atoms with Crippen molar-refractivity contribution in [3.63, 3.8) is 0 Å². The minimum Gasteiger partial charge on any atom is -0.465 e. The normalized spacial score (nSPS) is 16.5. The van der Waals surface area contributed by atoms with Crippen LogP contribution in [-0.2, 0) is 7.05 Å². The molecule has 0 N–H and O–H groups in total. The van der Waals surface area contributed by atoms with Crippen LogP contribution in [0.3, 0.4) is 0 Å². The summed E-state index contributed by atoms with van der Waals surface area (Å²) in [6, 6.07) is 10.0. The van der Waals surface area contributed by atoms with Gasteiger partial charge in [-0.25, -0.2) is 4.57 Å². The molecular formula is C20H22BN2O+. The van der Waals surface area contributed by atoms with Crippen molar-refractivity contribution in [2.75, 3.05) is 4.81 Å². The number of benzene rings is 1. The van der Waals surface area contributed by atoms with Crippen molar-refractivity contribution in [3.8, 4) is 0 Å². The molecule has 0 aliphatic carbocycles. The Balaban J connectivity index is 1.86. The molecular weight excluding hydrogens is 295 g/mol. The van der Waals surface area contributed by atoms with Gasteiger partial charge in [0, 0.05) is 21.1 Å². The van der Waals surface area contributed by atoms with Crippen LogP contribution < -0.4 is 15.0 Å². The number of anilines is 1. The van der Waals surface area contributed by atoms with Crippen LogP contribution in [0.4, 0.5) is 5.82 Å². The molecule has 0 spiro atoms. The molecule has 0 fully saturated rings. The van der Waals surface area contributed by atoms with E-state index in [0.29, 0.717) is 5.56 Å². The molecule has 3 nitrogen and oxygen atoms in total. The second kappa shape index (κ2) is 5.27. The number of hydrogen-bond donors (Lipinski definition) is 0. The zero-order chi connectivity index (χ0) is 19.5. The Morgan fingerprint density at radius 3 is 2.79 bits per heavy atom. The van der Waals surface area contributed by atoms with Crippen LogP contribution in [0.5, 0.6) is 0 Å². The summed E-state index contributed by atoms with van der Waals surface area (Å²) in [4.78, 5) is 2.20. The van der Waals surface area contributed by atoms with Gasteiger partial charge in [-0.1, -0.05) is 18.2 Å². The summed E-state index contributed by atoms with van der Waals surface area (Å²) in [6.45, 7) is 3.93. The molecule has 24 heavy (non-hydrogen) atoms. The molecule has 0 atom stereocenters. The van der Waals surface area contributed by atoms with Gasteiger partial charge in [-0.2, -0.15) is 0 Å². The number of hydrogen-bond acceptors (Lipinski definition) is 2. The molecule has 3 aromatic rings. The van der Waals surface area contributed by atoms with E-state index in [9.17, 15) is 0 Å². The van der Waals surface area contributed by atoms with Crippen LogP contribution >= 0.6 is 0 Å². The van der Waals surface area contributed by atoms with Crippen molar-refractivity contribution < 1.29 is 13.1 Å². The first-order chi connectivity index (χ1) is 12.7. The van der Waals surface area contributed by atoms with Crippen molar-refractivity contribution in [1.29, 1.82) is 0 Å². The van der Waals surface area contributed by atoms with Crippen LogP contribution in [0.1, 0.15) is 27.7 Å². The van der Waals surface area contributed by atoms with Crippen molar-refractivity contribution in [2.45, 2.75) is 27.5 Å². The topological polar surface area (TPSA) is 20.3 Å². The molecule has 0 unspecified atom stereocenters. The van der Waals surface area contributed by atoms with Crippen LogP contribution in [0.2, 0.25) is 6.82 Å². The molecule has 4 rings (SSSR count). The number of furan rings is 1. The lowest BCUT2D eigenvalue weighted by Gasteiger charge is -2.26. The summed E-state index contributed by atoms with van der Waals surface area (Å²) in [6.07, 6.45) is 3.86. The van der Waals surface area contributed by atoms with Gasteiger partial charge < -0.3 is 4.42 Å². The highest BCUT2D eigenvalue weighted by Gasteiger charge is 2.40. The summed E-state index contributed by atoms with van der Waals surface area (Å²) < 4.78 is 31.3. The Morgan fingerprint density at radius 2 is 2.00 bits per heavy atom. The lowest BCUT2D eigenvalue weighted by atomic mass is 9.57. The third-order valence-corrected chi connectivity index (χ3v) is 4.86. The molecule has 1 aliphatic heterocycles. The van der Waals surface area contributed by atoms with E-state index in [1.54, 1.807) is 6.20 Å². The highest BCUT2D eigenvalue weighted by Crippen LogP contribution is 2.30. The molecule has 1 aliphatic rings. The van der Waals surface area contributed by atoms with Crippen molar-refractivity contribution in [3.05, 3.63) is 58.9 Å². The lowest BCUT2D eigenvalue weighted by molar-refractivity contribution is -0.658. The molecule has 0 saturated heterocycles. The Kier molecular flexibility index (Phi) is 2.62. The standard InChI is InChI=1S/C20H22BN2O/c1-13-10-19(22(5)12-14(13)2)23-15(3)11-17-16-8-6-7-9-18(16)24-20(17)21(23)4/h6-12H,1-5H3/q+1/i2D3. The quantitative estimate of drug-likeness (QED) is 0.504. The molecule has 0 radical (unpaired) electrons. The van der Waals surface area contributed by atoms with Crippen molar-refractivity contribution in [2.24, 2.45) is 7.05 Å². The minimum absolute atomic E-state index is 0.00149. The van der Waals surface area contributed by atoms with Gasteiger partial charge in [0.1, 0.15) is 11.2 Å².